The highest BCUT2D eigenvalue weighted by atomic mass is 79.9. The number of nitrogens with zero attached hydrogens (tertiary/aromatic N) is 1. The molecule has 1 aromatic carbocycles. The SMILES string of the molecule is Cc1ccc(C)c(CN(C)CCCCCBr)c1. The maximum absolute atomic E-state index is 3.47. The van der Waals surface area contributed by atoms with E-state index in [0.29, 0.717) is 0 Å². The fourth-order valence-electron chi connectivity index (χ4n) is 1.99. The molecule has 0 aliphatic carbocycles. The van der Waals surface area contributed by atoms with Gasteiger partial charge in [0.05, 0.1) is 0 Å². The van der Waals surface area contributed by atoms with E-state index < -0.39 is 0 Å². The molecule has 0 saturated carbocycles. The first-order valence-electron chi connectivity index (χ1n) is 6.44. The van der Waals surface area contributed by atoms with Gasteiger partial charge in [-0.2, -0.15) is 0 Å². The number of benzene rings is 1. The van der Waals surface area contributed by atoms with Gasteiger partial charge in [-0.1, -0.05) is 46.1 Å². The molecule has 0 amide bonds. The third-order valence-corrected chi connectivity index (χ3v) is 3.68. The predicted octanol–water partition coefficient (Wildman–Crippen LogP) is 4.30. The Morgan fingerprint density at radius 3 is 2.59 bits per heavy atom. The van der Waals surface area contributed by atoms with Crippen molar-refractivity contribution in [2.75, 3.05) is 18.9 Å². The lowest BCUT2D eigenvalue weighted by atomic mass is 10.1. The van der Waals surface area contributed by atoms with Crippen molar-refractivity contribution in [1.29, 1.82) is 0 Å². The van der Waals surface area contributed by atoms with Crippen LogP contribution in [-0.2, 0) is 6.54 Å². The minimum atomic E-state index is 1.07. The van der Waals surface area contributed by atoms with Gasteiger partial charge in [0.25, 0.3) is 0 Å². The van der Waals surface area contributed by atoms with Crippen LogP contribution < -0.4 is 0 Å². The molecule has 0 bridgehead atoms. The third kappa shape index (κ3) is 5.69. The van der Waals surface area contributed by atoms with Crippen molar-refractivity contribution >= 4 is 15.9 Å². The molecule has 96 valence electrons. The quantitative estimate of drug-likeness (QED) is 0.536. The molecule has 0 spiro atoms. The van der Waals surface area contributed by atoms with Crippen molar-refractivity contribution in [3.8, 4) is 0 Å². The predicted molar refractivity (Wildman–Crippen MR) is 79.9 cm³/mol. The van der Waals surface area contributed by atoms with E-state index in [4.69, 9.17) is 0 Å². The number of halogens is 1. The van der Waals surface area contributed by atoms with E-state index >= 15 is 0 Å². The Balaban J connectivity index is 2.39. The molecule has 0 N–H and O–H groups in total. The number of aryl methyl sites for hydroxylation is 2. The summed E-state index contributed by atoms with van der Waals surface area (Å²) in [4.78, 5) is 2.43. The van der Waals surface area contributed by atoms with Crippen molar-refractivity contribution in [2.24, 2.45) is 0 Å². The summed E-state index contributed by atoms with van der Waals surface area (Å²) in [6.45, 7) is 6.63. The van der Waals surface area contributed by atoms with Crippen molar-refractivity contribution in [1.82, 2.24) is 4.90 Å². The Labute approximate surface area is 114 Å². The monoisotopic (exact) mass is 297 g/mol. The van der Waals surface area contributed by atoms with E-state index in [1.807, 2.05) is 0 Å². The van der Waals surface area contributed by atoms with Gasteiger partial charge in [-0.3, -0.25) is 0 Å². The topological polar surface area (TPSA) is 3.24 Å². The normalized spacial score (nSPS) is 11.1. The van der Waals surface area contributed by atoms with Crippen molar-refractivity contribution in [3.05, 3.63) is 34.9 Å². The van der Waals surface area contributed by atoms with E-state index in [0.717, 1.165) is 11.9 Å². The van der Waals surface area contributed by atoms with Crippen LogP contribution in [0.2, 0.25) is 0 Å². The molecule has 1 nitrogen and oxygen atoms in total. The molecule has 0 saturated heterocycles. The minimum Gasteiger partial charge on any atom is -0.302 e. The number of alkyl halides is 1. The van der Waals surface area contributed by atoms with Crippen LogP contribution in [0.3, 0.4) is 0 Å². The Morgan fingerprint density at radius 2 is 1.88 bits per heavy atom. The van der Waals surface area contributed by atoms with E-state index in [1.165, 1.54) is 42.5 Å². The van der Waals surface area contributed by atoms with Gasteiger partial charge >= 0.3 is 0 Å². The van der Waals surface area contributed by atoms with Gasteiger partial charge < -0.3 is 4.90 Å². The fraction of sp³-hybridized carbons (Fsp3) is 0.600. The molecule has 0 aliphatic heterocycles. The first kappa shape index (κ1) is 14.7. The van der Waals surface area contributed by atoms with Gasteiger partial charge in [-0.05, 0) is 51.4 Å². The van der Waals surface area contributed by atoms with Gasteiger partial charge in [0.1, 0.15) is 0 Å². The maximum atomic E-state index is 3.47. The fourth-order valence-corrected chi connectivity index (χ4v) is 2.39. The van der Waals surface area contributed by atoms with E-state index in [-0.39, 0.29) is 0 Å². The second-order valence-electron chi connectivity index (χ2n) is 4.92. The maximum Gasteiger partial charge on any atom is 0.0233 e. The molecule has 0 unspecified atom stereocenters. The van der Waals surface area contributed by atoms with Crippen LogP contribution in [0.5, 0.6) is 0 Å². The zero-order valence-electron chi connectivity index (χ0n) is 11.3. The molecule has 0 radical (unpaired) electrons. The van der Waals surface area contributed by atoms with Crippen molar-refractivity contribution in [2.45, 2.75) is 39.7 Å². The molecular weight excluding hydrogens is 274 g/mol. The summed E-state index contributed by atoms with van der Waals surface area (Å²) in [6, 6.07) is 6.72. The van der Waals surface area contributed by atoms with Gasteiger partial charge in [0.15, 0.2) is 0 Å². The Bertz CT molecular complexity index is 336. The summed E-state index contributed by atoms with van der Waals surface area (Å²) < 4.78 is 0. The second kappa shape index (κ2) is 7.88. The van der Waals surface area contributed by atoms with Crippen LogP contribution in [0.1, 0.15) is 36.0 Å². The number of rotatable bonds is 7. The summed E-state index contributed by atoms with van der Waals surface area (Å²) >= 11 is 3.47. The summed E-state index contributed by atoms with van der Waals surface area (Å²) in [7, 11) is 2.22. The number of hydrogen-bond donors (Lipinski definition) is 0. The highest BCUT2D eigenvalue weighted by Gasteiger charge is 2.03. The van der Waals surface area contributed by atoms with Crippen LogP contribution in [0.15, 0.2) is 18.2 Å². The molecule has 2 heteroatoms. The molecule has 17 heavy (non-hydrogen) atoms. The van der Waals surface area contributed by atoms with Gasteiger partial charge in [0, 0.05) is 11.9 Å². The highest BCUT2D eigenvalue weighted by molar-refractivity contribution is 9.09. The zero-order chi connectivity index (χ0) is 12.7. The summed E-state index contributed by atoms with van der Waals surface area (Å²) in [5.41, 5.74) is 4.23. The first-order chi connectivity index (χ1) is 8.13. The van der Waals surface area contributed by atoms with Crippen molar-refractivity contribution < 1.29 is 0 Å². The highest BCUT2D eigenvalue weighted by Crippen LogP contribution is 2.13. The number of unbranched alkanes of at least 4 members (excludes halogenated alkanes) is 2. The molecule has 0 fully saturated rings. The Hall–Kier alpha value is -0.340. The van der Waals surface area contributed by atoms with Gasteiger partial charge in [0.2, 0.25) is 0 Å². The molecule has 0 heterocycles. The van der Waals surface area contributed by atoms with Crippen molar-refractivity contribution in [3.63, 3.8) is 0 Å². The molecule has 0 atom stereocenters. The zero-order valence-corrected chi connectivity index (χ0v) is 12.9. The summed E-state index contributed by atoms with van der Waals surface area (Å²) in [6.07, 6.45) is 3.91. The summed E-state index contributed by atoms with van der Waals surface area (Å²) in [5.74, 6) is 0. The molecule has 0 aliphatic rings. The van der Waals surface area contributed by atoms with E-state index in [2.05, 4.69) is 59.9 Å². The second-order valence-corrected chi connectivity index (χ2v) is 5.71. The Kier molecular flexibility index (Phi) is 6.83. The lowest BCUT2D eigenvalue weighted by Gasteiger charge is -2.18. The average molecular weight is 298 g/mol. The molecule has 1 aromatic rings. The number of hydrogen-bond acceptors (Lipinski definition) is 1. The van der Waals surface area contributed by atoms with E-state index in [9.17, 15) is 0 Å². The first-order valence-corrected chi connectivity index (χ1v) is 7.56. The minimum absolute atomic E-state index is 1.07. The lowest BCUT2D eigenvalue weighted by molar-refractivity contribution is 0.317. The largest absolute Gasteiger partial charge is 0.302 e. The summed E-state index contributed by atoms with van der Waals surface area (Å²) in [5, 5.41) is 1.13. The van der Waals surface area contributed by atoms with Crippen LogP contribution >= 0.6 is 15.9 Å². The molecular formula is C15H24BrN. The molecule has 0 aromatic heterocycles. The molecule has 1 rings (SSSR count). The van der Waals surface area contributed by atoms with E-state index in [1.54, 1.807) is 0 Å². The smallest absolute Gasteiger partial charge is 0.0233 e. The van der Waals surface area contributed by atoms with Crippen LogP contribution in [0.4, 0.5) is 0 Å². The average Bonchev–Trinajstić information content (AvgIpc) is 2.29. The van der Waals surface area contributed by atoms with Gasteiger partial charge in [-0.15, -0.1) is 0 Å². The lowest BCUT2D eigenvalue weighted by Crippen LogP contribution is -2.19. The Morgan fingerprint density at radius 1 is 1.12 bits per heavy atom. The van der Waals surface area contributed by atoms with Crippen LogP contribution in [0.25, 0.3) is 0 Å². The standard InChI is InChI=1S/C15H24BrN/c1-13-7-8-14(2)15(11-13)12-17(3)10-6-4-5-9-16/h7-8,11H,4-6,9-10,12H2,1-3H3. The van der Waals surface area contributed by atoms with Crippen LogP contribution in [0, 0.1) is 13.8 Å². The van der Waals surface area contributed by atoms with Crippen LogP contribution in [-0.4, -0.2) is 23.8 Å². The van der Waals surface area contributed by atoms with Gasteiger partial charge in [-0.25, -0.2) is 0 Å². The third-order valence-electron chi connectivity index (χ3n) is 3.12.